The second kappa shape index (κ2) is 6.31. The highest BCUT2D eigenvalue weighted by atomic mass is 19.4. The predicted octanol–water partition coefficient (Wildman–Crippen LogP) is 2.27. The van der Waals surface area contributed by atoms with E-state index in [1.807, 2.05) is 0 Å². The number of hydrogen-bond donors (Lipinski definition) is 3. The number of hydrogen-bond acceptors (Lipinski definition) is 5. The van der Waals surface area contributed by atoms with Crippen LogP contribution in [-0.2, 0) is 9.53 Å². The molecule has 2 saturated heterocycles. The molecule has 142 valence electrons. The highest BCUT2D eigenvalue weighted by Gasteiger charge is 2.54. The summed E-state index contributed by atoms with van der Waals surface area (Å²) in [4.78, 5) is 26.9. The topological polar surface area (TPSA) is 110 Å². The van der Waals surface area contributed by atoms with Crippen LogP contribution >= 0.6 is 0 Å². The van der Waals surface area contributed by atoms with Gasteiger partial charge in [-0.05, 0) is 31.7 Å². The van der Waals surface area contributed by atoms with Crippen LogP contribution in [0.5, 0.6) is 5.88 Å². The van der Waals surface area contributed by atoms with Gasteiger partial charge >= 0.3 is 12.5 Å². The highest BCUT2D eigenvalue weighted by Crippen LogP contribution is 2.44. The first-order chi connectivity index (χ1) is 12.1. The lowest BCUT2D eigenvalue weighted by Crippen LogP contribution is -2.65. The molecule has 2 amide bonds. The smallest absolute Gasteiger partial charge is 0.465 e. The minimum atomic E-state index is -4.84. The van der Waals surface area contributed by atoms with Gasteiger partial charge in [0, 0.05) is 6.07 Å². The number of amides is 2. The van der Waals surface area contributed by atoms with Crippen LogP contribution in [0, 0.1) is 0 Å². The maximum Gasteiger partial charge on any atom is 0.574 e. The lowest BCUT2D eigenvalue weighted by molar-refractivity contribution is -0.276. The molecular formula is C15H16F3N3O5. The van der Waals surface area contributed by atoms with Crippen LogP contribution < -0.4 is 15.4 Å². The van der Waals surface area contributed by atoms with Gasteiger partial charge in [0.15, 0.2) is 0 Å². The Hall–Kier alpha value is -2.56. The number of nitrogens with one attached hydrogen (secondary N) is 2. The fraction of sp³-hybridized carbons (Fsp3) is 0.533. The Morgan fingerprint density at radius 1 is 1.23 bits per heavy atom. The van der Waals surface area contributed by atoms with E-state index in [1.165, 1.54) is 6.07 Å². The Labute approximate surface area is 145 Å². The van der Waals surface area contributed by atoms with E-state index < -0.39 is 35.4 Å². The van der Waals surface area contributed by atoms with Crippen molar-refractivity contribution >= 4 is 17.7 Å². The molecule has 26 heavy (non-hydrogen) atoms. The van der Waals surface area contributed by atoms with Gasteiger partial charge in [0.1, 0.15) is 5.60 Å². The summed E-state index contributed by atoms with van der Waals surface area (Å²) < 4.78 is 45.7. The molecule has 1 aromatic rings. The lowest BCUT2D eigenvalue weighted by atomic mass is 9.70. The normalized spacial score (nSPS) is 27.7. The van der Waals surface area contributed by atoms with Crippen molar-refractivity contribution in [3.8, 4) is 5.88 Å². The molecule has 3 fully saturated rings. The molecule has 1 aromatic heterocycles. The number of alkyl halides is 3. The molecule has 3 N–H and O–H groups in total. The van der Waals surface area contributed by atoms with Crippen molar-refractivity contribution in [2.24, 2.45) is 0 Å². The molecule has 2 aliphatic heterocycles. The zero-order chi connectivity index (χ0) is 19.0. The van der Waals surface area contributed by atoms with E-state index in [0.717, 1.165) is 12.3 Å². The monoisotopic (exact) mass is 375 g/mol. The summed E-state index contributed by atoms with van der Waals surface area (Å²) in [5.41, 5.74) is -1.55. The van der Waals surface area contributed by atoms with Crippen molar-refractivity contribution in [3.63, 3.8) is 0 Å². The van der Waals surface area contributed by atoms with E-state index in [4.69, 9.17) is 9.84 Å². The van der Waals surface area contributed by atoms with Crippen molar-refractivity contribution in [2.45, 2.75) is 43.2 Å². The number of carbonyl (C=O) groups excluding carboxylic acids is 1. The number of pyridine rings is 1. The molecule has 1 saturated carbocycles. The third-order valence-electron chi connectivity index (χ3n) is 4.64. The summed E-state index contributed by atoms with van der Waals surface area (Å²) in [7, 11) is 0. The zero-order valence-electron chi connectivity index (χ0n) is 13.4. The second-order valence-corrected chi connectivity index (χ2v) is 6.38. The average molecular weight is 375 g/mol. The number of anilines is 1. The quantitative estimate of drug-likeness (QED) is 0.745. The predicted molar refractivity (Wildman–Crippen MR) is 80.6 cm³/mol. The number of halogens is 3. The Kier molecular flexibility index (Phi) is 4.42. The molecule has 3 heterocycles. The SMILES string of the molecule is O=C(O)NC12CCC(C(=O)Nc3ccc(OC(F)(F)F)nc3)(CC1)OC2. The van der Waals surface area contributed by atoms with E-state index in [1.54, 1.807) is 0 Å². The molecule has 11 heteroatoms. The Morgan fingerprint density at radius 3 is 2.38 bits per heavy atom. The lowest BCUT2D eigenvalue weighted by Gasteiger charge is -2.51. The van der Waals surface area contributed by atoms with Crippen molar-refractivity contribution in [1.29, 1.82) is 0 Å². The first-order valence-electron chi connectivity index (χ1n) is 7.80. The van der Waals surface area contributed by atoms with Crippen LogP contribution in [0.2, 0.25) is 0 Å². The number of aromatic nitrogens is 1. The first kappa shape index (κ1) is 18.2. The van der Waals surface area contributed by atoms with E-state index in [2.05, 4.69) is 20.4 Å². The molecule has 2 bridgehead atoms. The number of fused-ring (bicyclic) bond motifs is 3. The fourth-order valence-electron chi connectivity index (χ4n) is 3.26. The zero-order valence-corrected chi connectivity index (χ0v) is 13.4. The van der Waals surface area contributed by atoms with Gasteiger partial charge in [-0.3, -0.25) is 4.79 Å². The molecule has 4 rings (SSSR count). The molecular weight excluding hydrogens is 359 g/mol. The van der Waals surface area contributed by atoms with E-state index in [0.29, 0.717) is 25.7 Å². The van der Waals surface area contributed by atoms with E-state index in [-0.39, 0.29) is 12.3 Å². The summed E-state index contributed by atoms with van der Waals surface area (Å²) in [6, 6.07) is 2.23. The third kappa shape index (κ3) is 3.82. The minimum absolute atomic E-state index is 0.0866. The number of nitrogens with zero attached hydrogens (tertiary/aromatic N) is 1. The number of ether oxygens (including phenoxy) is 2. The van der Waals surface area contributed by atoms with E-state index in [9.17, 15) is 22.8 Å². The fourth-order valence-corrected chi connectivity index (χ4v) is 3.26. The molecule has 0 atom stereocenters. The van der Waals surface area contributed by atoms with Crippen LogP contribution in [0.4, 0.5) is 23.7 Å². The summed E-state index contributed by atoms with van der Waals surface area (Å²) in [6.07, 6.45) is -3.33. The summed E-state index contributed by atoms with van der Waals surface area (Å²) in [6.45, 7) is 0.0866. The molecule has 3 aliphatic rings. The van der Waals surface area contributed by atoms with Crippen molar-refractivity contribution in [2.75, 3.05) is 11.9 Å². The largest absolute Gasteiger partial charge is 0.574 e. The maximum absolute atomic E-state index is 12.6. The second-order valence-electron chi connectivity index (χ2n) is 6.38. The molecule has 0 spiro atoms. The number of carboxylic acid groups (broad SMARTS) is 1. The number of rotatable bonds is 4. The first-order valence-corrected chi connectivity index (χ1v) is 7.80. The van der Waals surface area contributed by atoms with Gasteiger partial charge in [-0.2, -0.15) is 0 Å². The molecule has 0 aromatic carbocycles. The van der Waals surface area contributed by atoms with Crippen molar-refractivity contribution in [3.05, 3.63) is 18.3 Å². The summed E-state index contributed by atoms with van der Waals surface area (Å²) in [5.74, 6) is -1.07. The van der Waals surface area contributed by atoms with Gasteiger partial charge in [0.2, 0.25) is 5.88 Å². The molecule has 8 nitrogen and oxygen atoms in total. The molecule has 1 aliphatic carbocycles. The van der Waals surface area contributed by atoms with Crippen LogP contribution in [0.1, 0.15) is 25.7 Å². The van der Waals surface area contributed by atoms with Gasteiger partial charge in [-0.25, -0.2) is 9.78 Å². The van der Waals surface area contributed by atoms with Crippen molar-refractivity contribution < 1.29 is 37.3 Å². The van der Waals surface area contributed by atoms with Crippen molar-refractivity contribution in [1.82, 2.24) is 10.3 Å². The standard InChI is InChI=1S/C15H16F3N3O5/c16-15(17,18)26-10-2-1-9(7-19-10)20-11(22)14-5-3-13(4-6-14,8-25-14)21-12(23)24/h1-2,7,21H,3-6,8H2,(H,20,22)(H,23,24). The van der Waals surface area contributed by atoms with Crippen LogP contribution in [-0.4, -0.2) is 46.2 Å². The highest BCUT2D eigenvalue weighted by molar-refractivity contribution is 5.97. The summed E-state index contributed by atoms with van der Waals surface area (Å²) in [5, 5.41) is 13.9. The van der Waals surface area contributed by atoms with Crippen LogP contribution in [0.15, 0.2) is 18.3 Å². The van der Waals surface area contributed by atoms with Gasteiger partial charge in [-0.15, -0.1) is 13.2 Å². The minimum Gasteiger partial charge on any atom is -0.465 e. The third-order valence-corrected chi connectivity index (χ3v) is 4.64. The average Bonchev–Trinajstić information content (AvgIpc) is 2.56. The Morgan fingerprint density at radius 2 is 1.92 bits per heavy atom. The van der Waals surface area contributed by atoms with Gasteiger partial charge in [0.05, 0.1) is 24.0 Å². The van der Waals surface area contributed by atoms with Crippen LogP contribution in [0.3, 0.4) is 0 Å². The maximum atomic E-state index is 12.6. The van der Waals surface area contributed by atoms with Gasteiger partial charge in [0.25, 0.3) is 5.91 Å². The van der Waals surface area contributed by atoms with Crippen LogP contribution in [0.25, 0.3) is 0 Å². The Balaban J connectivity index is 1.62. The number of carbonyl (C=O) groups is 2. The molecule has 0 radical (unpaired) electrons. The van der Waals surface area contributed by atoms with Gasteiger partial charge < -0.3 is 25.2 Å². The molecule has 0 unspecified atom stereocenters. The Bertz CT molecular complexity index is 683. The summed E-state index contributed by atoms with van der Waals surface area (Å²) >= 11 is 0. The van der Waals surface area contributed by atoms with Gasteiger partial charge in [-0.1, -0.05) is 0 Å². The van der Waals surface area contributed by atoms with E-state index >= 15 is 0 Å².